The number of rotatable bonds is 5. The molecule has 3 fully saturated rings. The molecular weight excluding hydrogens is 491 g/mol. The third kappa shape index (κ3) is 4.50. The molecule has 2 unspecified atom stereocenters. The Morgan fingerprint density at radius 2 is 1.81 bits per heavy atom. The smallest absolute Gasteiger partial charge is 0.407 e. The predicted molar refractivity (Wildman–Crippen MR) is 143 cm³/mol. The van der Waals surface area contributed by atoms with Gasteiger partial charge in [-0.05, 0) is 94.3 Å². The lowest BCUT2D eigenvalue weighted by Crippen LogP contribution is -2.49. The Labute approximate surface area is 222 Å². The van der Waals surface area contributed by atoms with Gasteiger partial charge in [0.25, 0.3) is 0 Å². The van der Waals surface area contributed by atoms with Gasteiger partial charge >= 0.3 is 6.09 Å². The molecule has 6 rings (SSSR count). The van der Waals surface area contributed by atoms with Crippen LogP contribution in [-0.4, -0.2) is 62.3 Å². The fourth-order valence-electron chi connectivity index (χ4n) is 7.46. The van der Waals surface area contributed by atoms with Crippen LogP contribution in [-0.2, 0) is 5.41 Å². The first kappa shape index (κ1) is 24.7. The zero-order chi connectivity index (χ0) is 25.7. The van der Waals surface area contributed by atoms with Crippen molar-refractivity contribution in [1.29, 1.82) is 0 Å². The van der Waals surface area contributed by atoms with Crippen LogP contribution in [0.25, 0.3) is 11.0 Å². The number of aromatic nitrogens is 2. The van der Waals surface area contributed by atoms with Crippen molar-refractivity contribution < 1.29 is 14.3 Å². The standard InChI is InChI=1S/C29H34ClFN4O2/c1-19-32-26-4-2-3-5-27(26)35(19)25-17-23-6-7-24(18-25)34(23)13-10-29(8-11-33(12-9-29)28(36)37)20-14-21(30)16-22(31)15-20/h2-5,14-16,23-25H,6-13,17-18H2,1H3,(H,36,37). The number of fused-ring (bicyclic) bond motifs is 3. The molecule has 2 bridgehead atoms. The molecule has 1 N–H and O–H groups in total. The van der Waals surface area contributed by atoms with E-state index in [1.54, 1.807) is 6.07 Å². The molecule has 1 amide bonds. The first-order chi connectivity index (χ1) is 17.8. The molecule has 1 aromatic heterocycles. The van der Waals surface area contributed by atoms with Gasteiger partial charge in [-0.15, -0.1) is 0 Å². The number of likely N-dealkylation sites (tertiary alicyclic amines) is 1. The summed E-state index contributed by atoms with van der Waals surface area (Å²) >= 11 is 6.27. The number of halogens is 2. The van der Waals surface area contributed by atoms with Gasteiger partial charge in [-0.25, -0.2) is 14.2 Å². The average Bonchev–Trinajstić information content (AvgIpc) is 3.33. The molecule has 196 valence electrons. The molecule has 0 saturated carbocycles. The molecular formula is C29H34ClFN4O2. The van der Waals surface area contributed by atoms with Crippen LogP contribution in [0.5, 0.6) is 0 Å². The van der Waals surface area contributed by atoms with Crippen LogP contribution >= 0.6 is 11.6 Å². The number of hydrogen-bond acceptors (Lipinski definition) is 3. The molecule has 0 aliphatic carbocycles. The number of para-hydroxylation sites is 2. The molecule has 3 aliphatic rings. The summed E-state index contributed by atoms with van der Waals surface area (Å²) in [6.45, 7) is 3.98. The van der Waals surface area contributed by atoms with Crippen molar-refractivity contribution >= 4 is 28.7 Å². The molecule has 3 saturated heterocycles. The van der Waals surface area contributed by atoms with Crippen LogP contribution < -0.4 is 0 Å². The fraction of sp³-hybridized carbons (Fsp3) is 0.517. The van der Waals surface area contributed by atoms with E-state index in [0.717, 1.165) is 42.7 Å². The first-order valence-electron chi connectivity index (χ1n) is 13.5. The van der Waals surface area contributed by atoms with Gasteiger partial charge in [-0.3, -0.25) is 4.90 Å². The summed E-state index contributed by atoms with van der Waals surface area (Å²) in [5, 5.41) is 9.90. The van der Waals surface area contributed by atoms with Crippen molar-refractivity contribution in [2.24, 2.45) is 0 Å². The van der Waals surface area contributed by atoms with Gasteiger partial charge in [-0.1, -0.05) is 23.7 Å². The van der Waals surface area contributed by atoms with E-state index in [0.29, 0.717) is 49.1 Å². The number of aryl methyl sites for hydroxylation is 1. The summed E-state index contributed by atoms with van der Waals surface area (Å²) in [6, 6.07) is 14.8. The summed E-state index contributed by atoms with van der Waals surface area (Å²) in [5.41, 5.74) is 2.93. The highest BCUT2D eigenvalue weighted by molar-refractivity contribution is 6.30. The summed E-state index contributed by atoms with van der Waals surface area (Å²) < 4.78 is 16.9. The molecule has 2 aromatic carbocycles. The number of benzene rings is 2. The van der Waals surface area contributed by atoms with Crippen LogP contribution in [0, 0.1) is 12.7 Å². The van der Waals surface area contributed by atoms with Gasteiger partial charge in [-0.2, -0.15) is 0 Å². The third-order valence-corrected chi connectivity index (χ3v) is 9.53. The van der Waals surface area contributed by atoms with Crippen molar-refractivity contribution in [3.05, 3.63) is 64.7 Å². The monoisotopic (exact) mass is 524 g/mol. The molecule has 3 aliphatic heterocycles. The Hall–Kier alpha value is -2.64. The minimum absolute atomic E-state index is 0.273. The van der Waals surface area contributed by atoms with E-state index in [1.807, 2.05) is 12.1 Å². The minimum Gasteiger partial charge on any atom is -0.465 e. The van der Waals surface area contributed by atoms with Crippen LogP contribution in [0.2, 0.25) is 5.02 Å². The lowest BCUT2D eigenvalue weighted by atomic mass is 9.70. The van der Waals surface area contributed by atoms with Crippen molar-refractivity contribution in [2.75, 3.05) is 19.6 Å². The van der Waals surface area contributed by atoms with E-state index in [4.69, 9.17) is 16.6 Å². The summed E-state index contributed by atoms with van der Waals surface area (Å²) in [5.74, 6) is 0.762. The first-order valence-corrected chi connectivity index (χ1v) is 13.8. The van der Waals surface area contributed by atoms with E-state index >= 15 is 0 Å². The van der Waals surface area contributed by atoms with E-state index in [-0.39, 0.29) is 11.2 Å². The normalized spacial score (nSPS) is 25.6. The minimum atomic E-state index is -0.881. The number of nitrogens with zero attached hydrogens (tertiary/aromatic N) is 4. The molecule has 2 atom stereocenters. The van der Waals surface area contributed by atoms with Crippen molar-refractivity contribution in [3.63, 3.8) is 0 Å². The topological polar surface area (TPSA) is 61.6 Å². The fourth-order valence-corrected chi connectivity index (χ4v) is 7.68. The molecule has 0 spiro atoms. The average molecular weight is 525 g/mol. The molecule has 0 radical (unpaired) electrons. The SMILES string of the molecule is Cc1nc2ccccc2n1C1CC2CCC(C1)N2CCC1(c2cc(F)cc(Cl)c2)CCN(C(=O)O)CC1. The highest BCUT2D eigenvalue weighted by Gasteiger charge is 2.44. The maximum Gasteiger partial charge on any atom is 0.407 e. The Bertz CT molecular complexity index is 1280. The molecule has 6 nitrogen and oxygen atoms in total. The Morgan fingerprint density at radius 3 is 2.49 bits per heavy atom. The van der Waals surface area contributed by atoms with Gasteiger partial charge in [0.1, 0.15) is 11.6 Å². The molecule has 37 heavy (non-hydrogen) atoms. The van der Waals surface area contributed by atoms with Gasteiger partial charge in [0.2, 0.25) is 0 Å². The van der Waals surface area contributed by atoms with Crippen molar-refractivity contribution in [1.82, 2.24) is 19.4 Å². The number of piperidine rings is 2. The Balaban J connectivity index is 1.21. The van der Waals surface area contributed by atoms with E-state index in [9.17, 15) is 14.3 Å². The summed E-state index contributed by atoms with van der Waals surface area (Å²) in [4.78, 5) is 20.6. The van der Waals surface area contributed by atoms with E-state index < -0.39 is 6.09 Å². The third-order valence-electron chi connectivity index (χ3n) is 9.31. The van der Waals surface area contributed by atoms with Crippen LogP contribution in [0.15, 0.2) is 42.5 Å². The summed E-state index contributed by atoms with van der Waals surface area (Å²) in [7, 11) is 0. The van der Waals surface area contributed by atoms with Gasteiger partial charge < -0.3 is 14.6 Å². The highest BCUT2D eigenvalue weighted by atomic mass is 35.5. The van der Waals surface area contributed by atoms with Gasteiger partial charge in [0.15, 0.2) is 0 Å². The number of amides is 1. The van der Waals surface area contributed by atoms with Gasteiger partial charge in [0.05, 0.1) is 11.0 Å². The van der Waals surface area contributed by atoms with E-state index in [2.05, 4.69) is 34.6 Å². The quantitative estimate of drug-likeness (QED) is 0.419. The Kier molecular flexibility index (Phi) is 6.40. The second-order valence-electron chi connectivity index (χ2n) is 11.2. The molecule has 4 heterocycles. The zero-order valence-corrected chi connectivity index (χ0v) is 22.0. The summed E-state index contributed by atoms with van der Waals surface area (Å²) in [6.07, 6.45) is 6.01. The predicted octanol–water partition coefficient (Wildman–Crippen LogP) is 6.41. The van der Waals surface area contributed by atoms with Crippen molar-refractivity contribution in [2.45, 2.75) is 75.4 Å². The molecule has 3 aromatic rings. The number of imidazole rings is 1. The highest BCUT2D eigenvalue weighted by Crippen LogP contribution is 2.45. The largest absolute Gasteiger partial charge is 0.465 e. The maximum absolute atomic E-state index is 14.4. The lowest BCUT2D eigenvalue weighted by Gasteiger charge is -2.45. The van der Waals surface area contributed by atoms with Crippen LogP contribution in [0.4, 0.5) is 9.18 Å². The lowest BCUT2D eigenvalue weighted by molar-refractivity contribution is 0.0799. The number of carboxylic acid groups (broad SMARTS) is 1. The maximum atomic E-state index is 14.4. The number of hydrogen-bond donors (Lipinski definition) is 1. The molecule has 8 heteroatoms. The van der Waals surface area contributed by atoms with Crippen LogP contribution in [0.3, 0.4) is 0 Å². The van der Waals surface area contributed by atoms with Crippen molar-refractivity contribution in [3.8, 4) is 0 Å². The second-order valence-corrected chi connectivity index (χ2v) is 11.7. The van der Waals surface area contributed by atoms with E-state index in [1.165, 1.54) is 29.3 Å². The second kappa shape index (κ2) is 9.59. The number of carbonyl (C=O) groups is 1. The zero-order valence-electron chi connectivity index (χ0n) is 21.2. The van der Waals surface area contributed by atoms with Crippen LogP contribution in [0.1, 0.15) is 62.4 Å². The van der Waals surface area contributed by atoms with Gasteiger partial charge in [0, 0.05) is 41.7 Å². The Morgan fingerprint density at radius 1 is 1.11 bits per heavy atom.